The van der Waals surface area contributed by atoms with Crippen LogP contribution in [-0.4, -0.2) is 36.9 Å². The number of benzene rings is 1. The summed E-state index contributed by atoms with van der Waals surface area (Å²) in [5, 5.41) is 1.06. The van der Waals surface area contributed by atoms with Crippen molar-refractivity contribution >= 4 is 35.0 Å². The molecule has 1 aromatic carbocycles. The average molecular weight is 391 g/mol. The molecule has 0 spiro atoms. The number of carbonyl (C=O) groups is 2. The highest BCUT2D eigenvalue weighted by molar-refractivity contribution is 6.42. The molecule has 0 radical (unpaired) electrons. The highest BCUT2D eigenvalue weighted by atomic mass is 35.5. The summed E-state index contributed by atoms with van der Waals surface area (Å²) in [5.41, 5.74) is 5.07. The highest BCUT2D eigenvalue weighted by Gasteiger charge is 2.21. The van der Waals surface area contributed by atoms with Gasteiger partial charge in [0.1, 0.15) is 5.75 Å². The van der Waals surface area contributed by atoms with Crippen LogP contribution in [0.3, 0.4) is 0 Å². The summed E-state index contributed by atoms with van der Waals surface area (Å²) >= 11 is 11.3. The van der Waals surface area contributed by atoms with E-state index in [1.54, 1.807) is 37.1 Å². The largest absolute Gasteiger partial charge is 0.497 e. The van der Waals surface area contributed by atoms with Crippen LogP contribution in [0.15, 0.2) is 18.2 Å². The molecule has 1 aliphatic rings. The number of nitrogens with zero attached hydrogens (tertiary/aromatic N) is 1. The molecule has 2 amide bonds. The Hall–Kier alpha value is -1.46. The smallest absolute Gasteiger partial charge is 0.223 e. The van der Waals surface area contributed by atoms with Crippen LogP contribution in [0.4, 0.5) is 0 Å². The Bertz CT molecular complexity index is 547. The van der Waals surface area contributed by atoms with Crippen molar-refractivity contribution in [3.63, 3.8) is 0 Å². The molecule has 25 heavy (non-hydrogen) atoms. The van der Waals surface area contributed by atoms with Gasteiger partial charge in [-0.1, -0.05) is 44.0 Å². The summed E-state index contributed by atoms with van der Waals surface area (Å²) < 4.78 is 4.91. The maximum atomic E-state index is 11.5. The lowest BCUT2D eigenvalue weighted by Crippen LogP contribution is -2.32. The van der Waals surface area contributed by atoms with E-state index in [0.29, 0.717) is 10.0 Å². The summed E-state index contributed by atoms with van der Waals surface area (Å²) in [6, 6.07) is 5.13. The van der Waals surface area contributed by atoms with Crippen LogP contribution in [0.1, 0.15) is 40.0 Å². The second-order valence-corrected chi connectivity index (χ2v) is 6.19. The zero-order valence-corrected chi connectivity index (χ0v) is 16.9. The van der Waals surface area contributed by atoms with Gasteiger partial charge in [0.25, 0.3) is 0 Å². The number of primary amides is 1. The lowest BCUT2D eigenvalue weighted by molar-refractivity contribution is -0.134. The van der Waals surface area contributed by atoms with E-state index in [2.05, 4.69) is 0 Å². The zero-order chi connectivity index (χ0) is 19.4. The van der Waals surface area contributed by atoms with Crippen molar-refractivity contribution in [2.45, 2.75) is 40.0 Å². The molecule has 7 heteroatoms. The predicted octanol–water partition coefficient (Wildman–Crippen LogP) is 4.15. The number of likely N-dealkylation sites (tertiary alicyclic amines) is 1. The molecule has 142 valence electrons. The number of methoxy groups -OCH3 is 1. The van der Waals surface area contributed by atoms with Crippen molar-refractivity contribution in [2.75, 3.05) is 20.2 Å². The van der Waals surface area contributed by atoms with Crippen molar-refractivity contribution in [1.29, 1.82) is 0 Å². The van der Waals surface area contributed by atoms with Crippen molar-refractivity contribution in [2.24, 2.45) is 11.7 Å². The zero-order valence-electron chi connectivity index (χ0n) is 15.4. The van der Waals surface area contributed by atoms with Gasteiger partial charge in [0.05, 0.1) is 17.2 Å². The number of halogens is 2. The third kappa shape index (κ3) is 8.98. The second kappa shape index (κ2) is 12.8. The van der Waals surface area contributed by atoms with Gasteiger partial charge < -0.3 is 15.4 Å². The Kier molecular flexibility index (Phi) is 12.1. The third-order valence-corrected chi connectivity index (χ3v) is 4.29. The number of rotatable bonds is 4. The minimum Gasteiger partial charge on any atom is -0.497 e. The summed E-state index contributed by atoms with van der Waals surface area (Å²) in [6.45, 7) is 7.37. The SMILES string of the molecule is CC.CC(CC(=O)N1CCCC1)C(N)=O.COc1ccc(Cl)c(Cl)c1. The van der Waals surface area contributed by atoms with E-state index in [1.165, 1.54) is 0 Å². The molecule has 0 aromatic heterocycles. The molecule has 1 unspecified atom stereocenters. The predicted molar refractivity (Wildman–Crippen MR) is 103 cm³/mol. The molecule has 2 N–H and O–H groups in total. The Morgan fingerprint density at radius 2 is 1.76 bits per heavy atom. The van der Waals surface area contributed by atoms with Gasteiger partial charge in [-0.3, -0.25) is 9.59 Å². The normalized spacial score (nSPS) is 13.8. The van der Waals surface area contributed by atoms with Gasteiger partial charge in [-0.15, -0.1) is 0 Å². The van der Waals surface area contributed by atoms with Crippen molar-refractivity contribution in [1.82, 2.24) is 4.90 Å². The van der Waals surface area contributed by atoms with Crippen LogP contribution >= 0.6 is 23.2 Å². The van der Waals surface area contributed by atoms with E-state index in [1.807, 2.05) is 13.8 Å². The molecule has 0 aliphatic carbocycles. The van der Waals surface area contributed by atoms with Gasteiger partial charge in [-0.25, -0.2) is 0 Å². The molecule has 1 atom stereocenters. The molecular weight excluding hydrogens is 363 g/mol. The molecule has 0 bridgehead atoms. The molecule has 0 saturated carbocycles. The number of ether oxygens (including phenoxy) is 1. The van der Waals surface area contributed by atoms with Crippen LogP contribution in [0.5, 0.6) is 5.75 Å². The lowest BCUT2D eigenvalue weighted by Gasteiger charge is -2.16. The Labute approximate surface area is 160 Å². The topological polar surface area (TPSA) is 72.6 Å². The number of hydrogen-bond acceptors (Lipinski definition) is 3. The first-order valence-corrected chi connectivity index (χ1v) is 9.17. The number of amides is 2. The Morgan fingerprint density at radius 3 is 2.20 bits per heavy atom. The highest BCUT2D eigenvalue weighted by Crippen LogP contribution is 2.25. The summed E-state index contributed by atoms with van der Waals surface area (Å²) in [7, 11) is 1.58. The van der Waals surface area contributed by atoms with E-state index in [9.17, 15) is 9.59 Å². The molecule has 1 saturated heterocycles. The van der Waals surface area contributed by atoms with Gasteiger partial charge in [-0.2, -0.15) is 0 Å². The molecule has 5 nitrogen and oxygen atoms in total. The van der Waals surface area contributed by atoms with Crippen LogP contribution in [0.25, 0.3) is 0 Å². The summed E-state index contributed by atoms with van der Waals surface area (Å²) in [4.78, 5) is 24.0. The first-order valence-electron chi connectivity index (χ1n) is 8.41. The van der Waals surface area contributed by atoms with Crippen LogP contribution in [-0.2, 0) is 9.59 Å². The number of carbonyl (C=O) groups excluding carboxylic acids is 2. The van der Waals surface area contributed by atoms with Gasteiger partial charge in [0.15, 0.2) is 0 Å². The van der Waals surface area contributed by atoms with Crippen molar-refractivity contribution < 1.29 is 14.3 Å². The maximum absolute atomic E-state index is 11.5. The molecular formula is C18H28Cl2N2O3. The van der Waals surface area contributed by atoms with E-state index in [4.69, 9.17) is 33.7 Å². The molecule has 1 heterocycles. The number of nitrogens with two attached hydrogens (primary N) is 1. The standard InChI is InChI=1S/C9H16N2O2.C7H6Cl2O.C2H6/c1-7(9(10)13)6-8(12)11-4-2-3-5-11;1-10-5-2-3-6(8)7(9)4-5;1-2/h7H,2-6H2,1H3,(H2,10,13);2-4H,1H3;1-2H3. The Balaban J connectivity index is 0.000000430. The van der Waals surface area contributed by atoms with Crippen LogP contribution < -0.4 is 10.5 Å². The van der Waals surface area contributed by atoms with Gasteiger partial charge >= 0.3 is 0 Å². The summed E-state index contributed by atoms with van der Waals surface area (Å²) in [6.07, 6.45) is 2.42. The fraction of sp³-hybridized carbons (Fsp3) is 0.556. The lowest BCUT2D eigenvalue weighted by atomic mass is 10.1. The molecule has 1 aromatic rings. The first kappa shape index (κ1) is 23.5. The fourth-order valence-electron chi connectivity index (χ4n) is 2.06. The molecule has 2 rings (SSSR count). The molecule has 1 fully saturated rings. The van der Waals surface area contributed by atoms with Crippen LogP contribution in [0.2, 0.25) is 10.0 Å². The fourth-order valence-corrected chi connectivity index (χ4v) is 2.35. The van der Waals surface area contributed by atoms with Gasteiger partial charge in [-0.05, 0) is 25.0 Å². The third-order valence-electron chi connectivity index (χ3n) is 3.55. The van der Waals surface area contributed by atoms with Crippen molar-refractivity contribution in [3.05, 3.63) is 28.2 Å². The van der Waals surface area contributed by atoms with E-state index in [0.717, 1.165) is 31.7 Å². The second-order valence-electron chi connectivity index (χ2n) is 5.38. The van der Waals surface area contributed by atoms with E-state index < -0.39 is 5.91 Å². The minimum absolute atomic E-state index is 0.0591. The monoisotopic (exact) mass is 390 g/mol. The van der Waals surface area contributed by atoms with Crippen LogP contribution in [0, 0.1) is 5.92 Å². The average Bonchev–Trinajstić information content (AvgIpc) is 3.14. The quantitative estimate of drug-likeness (QED) is 0.838. The van der Waals surface area contributed by atoms with Gasteiger partial charge in [0.2, 0.25) is 11.8 Å². The number of hydrogen-bond donors (Lipinski definition) is 1. The van der Waals surface area contributed by atoms with Gasteiger partial charge in [0, 0.05) is 31.5 Å². The first-order chi connectivity index (χ1) is 11.8. The summed E-state index contributed by atoms with van der Waals surface area (Å²) in [5.74, 6) is 0.0406. The van der Waals surface area contributed by atoms with E-state index in [-0.39, 0.29) is 18.2 Å². The van der Waals surface area contributed by atoms with E-state index >= 15 is 0 Å². The minimum atomic E-state index is -0.396. The maximum Gasteiger partial charge on any atom is 0.223 e. The van der Waals surface area contributed by atoms with Crippen molar-refractivity contribution in [3.8, 4) is 5.75 Å². The Morgan fingerprint density at radius 1 is 1.20 bits per heavy atom. The molecule has 1 aliphatic heterocycles.